The molecule has 118 valence electrons. The van der Waals surface area contributed by atoms with Crippen molar-refractivity contribution in [2.45, 2.75) is 32.2 Å². The van der Waals surface area contributed by atoms with Crippen LogP contribution in [-0.4, -0.2) is 24.0 Å². The minimum absolute atomic E-state index is 0.209. The Morgan fingerprint density at radius 1 is 1.50 bits per heavy atom. The van der Waals surface area contributed by atoms with E-state index in [-0.39, 0.29) is 5.91 Å². The zero-order chi connectivity index (χ0) is 15.9. The lowest BCUT2D eigenvalue weighted by molar-refractivity contribution is -0.117. The van der Waals surface area contributed by atoms with Crippen LogP contribution >= 0.6 is 0 Å². The molecule has 2 rings (SSSR count). The third-order valence-corrected chi connectivity index (χ3v) is 3.38. The quantitative estimate of drug-likeness (QED) is 0.820. The van der Waals surface area contributed by atoms with Crippen molar-refractivity contribution in [2.24, 2.45) is 5.73 Å². The molecule has 1 aromatic heterocycles. The van der Waals surface area contributed by atoms with Gasteiger partial charge in [-0.25, -0.2) is 4.98 Å². The Hall–Kier alpha value is -2.34. The number of hydrogen-bond donors (Lipinski definition) is 2. The van der Waals surface area contributed by atoms with Crippen LogP contribution in [0.4, 0.5) is 5.69 Å². The molecule has 1 amide bonds. The van der Waals surface area contributed by atoms with Crippen LogP contribution in [0.25, 0.3) is 11.3 Å². The summed E-state index contributed by atoms with van der Waals surface area (Å²) in [6.45, 7) is 2.07. The predicted molar refractivity (Wildman–Crippen MR) is 84.6 cm³/mol. The summed E-state index contributed by atoms with van der Waals surface area (Å²) in [6.07, 6.45) is 5.59. The molecule has 0 aliphatic heterocycles. The van der Waals surface area contributed by atoms with Crippen LogP contribution in [0.3, 0.4) is 0 Å². The molecule has 1 atom stereocenters. The second kappa shape index (κ2) is 7.61. The lowest BCUT2D eigenvalue weighted by Crippen LogP contribution is -2.35. The van der Waals surface area contributed by atoms with E-state index >= 15 is 0 Å². The summed E-state index contributed by atoms with van der Waals surface area (Å²) in [5, 5.41) is 2.81. The molecule has 3 N–H and O–H groups in total. The van der Waals surface area contributed by atoms with Crippen LogP contribution in [-0.2, 0) is 4.79 Å². The van der Waals surface area contributed by atoms with Crippen molar-refractivity contribution < 1.29 is 13.9 Å². The van der Waals surface area contributed by atoms with Crippen LogP contribution in [0.5, 0.6) is 5.75 Å². The molecule has 0 fully saturated rings. The van der Waals surface area contributed by atoms with E-state index < -0.39 is 6.04 Å². The van der Waals surface area contributed by atoms with Gasteiger partial charge in [0.1, 0.15) is 5.75 Å². The number of nitrogens with one attached hydrogen (secondary N) is 1. The topological polar surface area (TPSA) is 90.4 Å². The maximum Gasteiger partial charge on any atom is 0.241 e. The molecule has 0 bridgehead atoms. The third kappa shape index (κ3) is 3.85. The van der Waals surface area contributed by atoms with Crippen molar-refractivity contribution in [1.29, 1.82) is 0 Å². The number of ether oxygens (including phenoxy) is 1. The van der Waals surface area contributed by atoms with E-state index in [1.807, 2.05) is 6.07 Å². The molecule has 0 saturated heterocycles. The van der Waals surface area contributed by atoms with E-state index in [9.17, 15) is 4.79 Å². The van der Waals surface area contributed by atoms with Crippen LogP contribution in [0.15, 0.2) is 35.2 Å². The minimum Gasteiger partial charge on any atom is -0.495 e. The number of nitrogens with zero attached hydrogens (tertiary/aromatic N) is 1. The molecule has 1 unspecified atom stereocenters. The van der Waals surface area contributed by atoms with E-state index in [2.05, 4.69) is 17.2 Å². The molecule has 0 aliphatic carbocycles. The zero-order valence-electron chi connectivity index (χ0n) is 12.8. The predicted octanol–water partition coefficient (Wildman–Crippen LogP) is 2.81. The van der Waals surface area contributed by atoms with Crippen molar-refractivity contribution in [1.82, 2.24) is 4.98 Å². The summed E-state index contributed by atoms with van der Waals surface area (Å²) >= 11 is 0. The van der Waals surface area contributed by atoms with Gasteiger partial charge in [-0.05, 0) is 24.6 Å². The average Bonchev–Trinajstić information content (AvgIpc) is 3.07. The fraction of sp³-hybridized carbons (Fsp3) is 0.375. The molecule has 0 aliphatic rings. The van der Waals surface area contributed by atoms with E-state index in [4.69, 9.17) is 14.9 Å². The molecule has 6 heteroatoms. The lowest BCUT2D eigenvalue weighted by Gasteiger charge is -2.14. The fourth-order valence-corrected chi connectivity index (χ4v) is 2.09. The highest BCUT2D eigenvalue weighted by Gasteiger charge is 2.15. The molecule has 0 saturated carbocycles. The fourth-order valence-electron chi connectivity index (χ4n) is 2.09. The Morgan fingerprint density at radius 2 is 2.32 bits per heavy atom. The first-order chi connectivity index (χ1) is 10.7. The number of hydrogen-bond acceptors (Lipinski definition) is 5. The number of aromatic nitrogens is 1. The molecule has 1 heterocycles. The molecule has 0 spiro atoms. The number of carbonyl (C=O) groups excluding carboxylic acids is 1. The number of nitrogens with two attached hydrogens (primary N) is 1. The summed E-state index contributed by atoms with van der Waals surface area (Å²) in [7, 11) is 1.55. The van der Waals surface area contributed by atoms with Gasteiger partial charge in [-0.1, -0.05) is 19.8 Å². The number of methoxy groups -OCH3 is 1. The standard InChI is InChI=1S/C16H21N3O3/c1-3-4-5-12(17)16(20)19-13-7-6-11(8-14(13)21-2)15-9-18-10-22-15/h6-10,12H,3-5,17H2,1-2H3,(H,19,20). The van der Waals surface area contributed by atoms with Crippen molar-refractivity contribution in [2.75, 3.05) is 12.4 Å². The van der Waals surface area contributed by atoms with Crippen molar-refractivity contribution in [3.05, 3.63) is 30.8 Å². The van der Waals surface area contributed by atoms with E-state index in [1.54, 1.807) is 25.4 Å². The second-order valence-corrected chi connectivity index (χ2v) is 5.02. The van der Waals surface area contributed by atoms with Gasteiger partial charge in [0.25, 0.3) is 0 Å². The van der Waals surface area contributed by atoms with Crippen LogP contribution in [0.2, 0.25) is 0 Å². The lowest BCUT2D eigenvalue weighted by atomic mass is 10.1. The number of rotatable bonds is 7. The first kappa shape index (κ1) is 16.0. The van der Waals surface area contributed by atoms with Gasteiger partial charge in [-0.15, -0.1) is 0 Å². The average molecular weight is 303 g/mol. The summed E-state index contributed by atoms with van der Waals surface area (Å²) in [4.78, 5) is 16.0. The Balaban J connectivity index is 2.12. The Labute approximate surface area is 129 Å². The van der Waals surface area contributed by atoms with Gasteiger partial charge in [0, 0.05) is 5.56 Å². The van der Waals surface area contributed by atoms with E-state index in [0.29, 0.717) is 23.6 Å². The van der Waals surface area contributed by atoms with Gasteiger partial charge in [0.15, 0.2) is 12.2 Å². The van der Waals surface area contributed by atoms with E-state index in [0.717, 1.165) is 18.4 Å². The van der Waals surface area contributed by atoms with Crippen molar-refractivity contribution >= 4 is 11.6 Å². The number of amides is 1. The van der Waals surface area contributed by atoms with Gasteiger partial charge in [-0.2, -0.15) is 0 Å². The molecular formula is C16H21N3O3. The van der Waals surface area contributed by atoms with Crippen LogP contribution in [0, 0.1) is 0 Å². The summed E-state index contributed by atoms with van der Waals surface area (Å²) in [5.74, 6) is 0.972. The Kier molecular flexibility index (Phi) is 5.55. The largest absolute Gasteiger partial charge is 0.495 e. The number of anilines is 1. The highest BCUT2D eigenvalue weighted by molar-refractivity contribution is 5.96. The summed E-state index contributed by atoms with van der Waals surface area (Å²) < 4.78 is 10.6. The molecule has 22 heavy (non-hydrogen) atoms. The SMILES string of the molecule is CCCCC(N)C(=O)Nc1ccc(-c2cnco2)cc1OC. The van der Waals surface area contributed by atoms with Gasteiger partial charge >= 0.3 is 0 Å². The highest BCUT2D eigenvalue weighted by Crippen LogP contribution is 2.30. The minimum atomic E-state index is -0.515. The first-order valence-corrected chi connectivity index (χ1v) is 7.29. The number of benzene rings is 1. The maximum absolute atomic E-state index is 12.1. The first-order valence-electron chi connectivity index (χ1n) is 7.29. The third-order valence-electron chi connectivity index (χ3n) is 3.38. The van der Waals surface area contributed by atoms with E-state index in [1.165, 1.54) is 6.39 Å². The zero-order valence-corrected chi connectivity index (χ0v) is 12.8. The van der Waals surface area contributed by atoms with Crippen LogP contribution in [0.1, 0.15) is 26.2 Å². The van der Waals surface area contributed by atoms with Crippen molar-refractivity contribution in [3.8, 4) is 17.1 Å². The molecule has 2 aromatic rings. The van der Waals surface area contributed by atoms with Gasteiger partial charge < -0.3 is 20.2 Å². The Morgan fingerprint density at radius 3 is 2.95 bits per heavy atom. The monoisotopic (exact) mass is 303 g/mol. The van der Waals surface area contributed by atoms with Gasteiger partial charge in [-0.3, -0.25) is 4.79 Å². The maximum atomic E-state index is 12.1. The second-order valence-electron chi connectivity index (χ2n) is 5.02. The number of unbranched alkanes of at least 4 members (excludes halogenated alkanes) is 1. The van der Waals surface area contributed by atoms with Gasteiger partial charge in [0.2, 0.25) is 5.91 Å². The highest BCUT2D eigenvalue weighted by atomic mass is 16.5. The molecule has 6 nitrogen and oxygen atoms in total. The summed E-state index contributed by atoms with van der Waals surface area (Å²) in [5.41, 5.74) is 7.28. The molecular weight excluding hydrogens is 282 g/mol. The van der Waals surface area contributed by atoms with Gasteiger partial charge in [0.05, 0.1) is 25.0 Å². The molecule has 1 aromatic carbocycles. The Bertz CT molecular complexity index is 611. The normalized spacial score (nSPS) is 12.0. The summed E-state index contributed by atoms with van der Waals surface area (Å²) in [6, 6.07) is 4.86. The van der Waals surface area contributed by atoms with Crippen LogP contribution < -0.4 is 15.8 Å². The number of oxazole rings is 1. The smallest absolute Gasteiger partial charge is 0.241 e. The molecule has 0 radical (unpaired) electrons. The van der Waals surface area contributed by atoms with Crippen molar-refractivity contribution in [3.63, 3.8) is 0 Å². The number of carbonyl (C=O) groups is 1.